The number of nitrogens with zero attached hydrogens (tertiary/aromatic N) is 1. The van der Waals surface area contributed by atoms with Gasteiger partial charge >= 0.3 is 12.0 Å². The Kier molecular flexibility index (Phi) is 5.66. The van der Waals surface area contributed by atoms with E-state index in [0.29, 0.717) is 6.54 Å². The van der Waals surface area contributed by atoms with E-state index in [9.17, 15) is 9.59 Å². The molecule has 0 aliphatic heterocycles. The van der Waals surface area contributed by atoms with Crippen LogP contribution in [-0.4, -0.2) is 37.7 Å². The number of carboxylic acid groups (broad SMARTS) is 1. The molecule has 0 fully saturated rings. The zero-order chi connectivity index (χ0) is 14.3. The van der Waals surface area contributed by atoms with Gasteiger partial charge in [0.15, 0.2) is 0 Å². The largest absolute Gasteiger partial charge is 0.481 e. The van der Waals surface area contributed by atoms with E-state index in [0.717, 1.165) is 11.3 Å². The van der Waals surface area contributed by atoms with E-state index in [1.807, 2.05) is 43.3 Å². The Morgan fingerprint density at radius 1 is 1.26 bits per heavy atom. The molecule has 6 nitrogen and oxygen atoms in total. The lowest BCUT2D eigenvalue weighted by molar-refractivity contribution is -0.136. The summed E-state index contributed by atoms with van der Waals surface area (Å²) in [6.45, 7) is 0.527. The van der Waals surface area contributed by atoms with Crippen molar-refractivity contribution in [3.63, 3.8) is 0 Å². The maximum Gasteiger partial charge on any atom is 0.315 e. The van der Waals surface area contributed by atoms with E-state index in [4.69, 9.17) is 5.11 Å². The first-order valence-corrected chi connectivity index (χ1v) is 5.99. The first-order chi connectivity index (χ1) is 8.99. The van der Waals surface area contributed by atoms with Crippen molar-refractivity contribution in [3.05, 3.63) is 29.8 Å². The number of aliphatic carboxylic acids is 1. The van der Waals surface area contributed by atoms with Crippen molar-refractivity contribution >= 4 is 17.7 Å². The molecule has 19 heavy (non-hydrogen) atoms. The van der Waals surface area contributed by atoms with Crippen LogP contribution in [0.2, 0.25) is 0 Å². The lowest BCUT2D eigenvalue weighted by Gasteiger charge is -2.14. The lowest BCUT2D eigenvalue weighted by atomic mass is 10.2. The monoisotopic (exact) mass is 265 g/mol. The lowest BCUT2D eigenvalue weighted by Crippen LogP contribution is -2.36. The molecular formula is C13H19N3O3. The summed E-state index contributed by atoms with van der Waals surface area (Å²) in [5.74, 6) is -0.931. The minimum absolute atomic E-state index is 0.0798. The molecule has 0 heterocycles. The van der Waals surface area contributed by atoms with Crippen molar-refractivity contribution in [2.45, 2.75) is 13.0 Å². The quantitative estimate of drug-likeness (QED) is 0.717. The summed E-state index contributed by atoms with van der Waals surface area (Å²) in [6.07, 6.45) is -0.0798. The van der Waals surface area contributed by atoms with Gasteiger partial charge in [-0.15, -0.1) is 0 Å². The summed E-state index contributed by atoms with van der Waals surface area (Å²) in [4.78, 5) is 23.7. The number of amides is 2. The highest BCUT2D eigenvalue weighted by atomic mass is 16.4. The topological polar surface area (TPSA) is 81.7 Å². The van der Waals surface area contributed by atoms with Gasteiger partial charge in [-0.25, -0.2) is 4.79 Å². The fourth-order valence-corrected chi connectivity index (χ4v) is 1.47. The number of carbonyl (C=O) groups is 2. The van der Waals surface area contributed by atoms with E-state index in [-0.39, 0.29) is 19.0 Å². The predicted molar refractivity (Wildman–Crippen MR) is 73.3 cm³/mol. The molecule has 0 spiro atoms. The van der Waals surface area contributed by atoms with Gasteiger partial charge in [-0.1, -0.05) is 12.1 Å². The maximum atomic E-state index is 11.4. The van der Waals surface area contributed by atoms with Gasteiger partial charge in [0.2, 0.25) is 0 Å². The van der Waals surface area contributed by atoms with Crippen LogP contribution in [-0.2, 0) is 11.3 Å². The maximum absolute atomic E-state index is 11.4. The summed E-state index contributed by atoms with van der Waals surface area (Å²) in [5, 5.41) is 13.6. The molecule has 2 amide bonds. The molecule has 0 unspecified atom stereocenters. The average molecular weight is 265 g/mol. The minimum atomic E-state index is -0.931. The second-order valence-corrected chi connectivity index (χ2v) is 4.32. The van der Waals surface area contributed by atoms with Gasteiger partial charge in [0.1, 0.15) is 0 Å². The molecule has 0 atom stereocenters. The second kappa shape index (κ2) is 7.25. The number of carboxylic acids is 1. The standard InChI is InChI=1S/C13H19N3O3/c1-16(2)11-5-3-4-10(8-11)9-15-13(19)14-7-6-12(17)18/h3-5,8H,6-7,9H2,1-2H3,(H,17,18)(H2,14,15,19). The normalized spacial score (nSPS) is 9.79. The molecule has 3 N–H and O–H groups in total. The van der Waals surface area contributed by atoms with Crippen molar-refractivity contribution in [3.8, 4) is 0 Å². The number of urea groups is 1. The molecule has 0 saturated heterocycles. The molecule has 0 aliphatic carbocycles. The van der Waals surface area contributed by atoms with E-state index < -0.39 is 5.97 Å². The molecule has 0 bridgehead atoms. The Hall–Kier alpha value is -2.24. The summed E-state index contributed by atoms with van der Waals surface area (Å²) in [6, 6.07) is 7.45. The zero-order valence-corrected chi connectivity index (χ0v) is 11.1. The van der Waals surface area contributed by atoms with Gasteiger partial charge in [0, 0.05) is 32.9 Å². The molecule has 0 saturated carbocycles. The molecule has 0 aliphatic rings. The van der Waals surface area contributed by atoms with Crippen LogP contribution in [0.5, 0.6) is 0 Å². The van der Waals surface area contributed by atoms with E-state index >= 15 is 0 Å². The van der Waals surface area contributed by atoms with Gasteiger partial charge in [0.05, 0.1) is 6.42 Å². The number of rotatable bonds is 6. The fourth-order valence-electron chi connectivity index (χ4n) is 1.47. The number of hydrogen-bond acceptors (Lipinski definition) is 3. The Morgan fingerprint density at radius 3 is 2.63 bits per heavy atom. The van der Waals surface area contributed by atoms with Gasteiger partial charge in [-0.3, -0.25) is 4.79 Å². The highest BCUT2D eigenvalue weighted by Crippen LogP contribution is 2.12. The number of carbonyl (C=O) groups excluding carboxylic acids is 1. The number of hydrogen-bond donors (Lipinski definition) is 3. The van der Waals surface area contributed by atoms with Crippen LogP contribution in [0.25, 0.3) is 0 Å². The minimum Gasteiger partial charge on any atom is -0.481 e. The Balaban J connectivity index is 2.37. The summed E-state index contributed by atoms with van der Waals surface area (Å²) >= 11 is 0. The number of benzene rings is 1. The van der Waals surface area contributed by atoms with Crippen LogP contribution >= 0.6 is 0 Å². The third kappa shape index (κ3) is 5.76. The van der Waals surface area contributed by atoms with Crippen molar-refractivity contribution in [2.24, 2.45) is 0 Å². The van der Waals surface area contributed by atoms with E-state index in [2.05, 4.69) is 10.6 Å². The van der Waals surface area contributed by atoms with Crippen LogP contribution in [0, 0.1) is 0 Å². The van der Waals surface area contributed by atoms with E-state index in [1.165, 1.54) is 0 Å². The number of nitrogens with one attached hydrogen (secondary N) is 2. The highest BCUT2D eigenvalue weighted by Gasteiger charge is 2.03. The zero-order valence-electron chi connectivity index (χ0n) is 11.1. The second-order valence-electron chi connectivity index (χ2n) is 4.32. The van der Waals surface area contributed by atoms with Crippen LogP contribution in [0.3, 0.4) is 0 Å². The van der Waals surface area contributed by atoms with Crippen molar-refractivity contribution in [2.75, 3.05) is 25.5 Å². The molecule has 1 aromatic carbocycles. The van der Waals surface area contributed by atoms with Crippen molar-refractivity contribution < 1.29 is 14.7 Å². The highest BCUT2D eigenvalue weighted by molar-refractivity contribution is 5.75. The van der Waals surface area contributed by atoms with Crippen molar-refractivity contribution in [1.82, 2.24) is 10.6 Å². The first kappa shape index (κ1) is 14.8. The third-order valence-electron chi connectivity index (χ3n) is 2.50. The van der Waals surface area contributed by atoms with Gasteiger partial charge < -0.3 is 20.6 Å². The average Bonchev–Trinajstić information content (AvgIpc) is 2.36. The van der Waals surface area contributed by atoms with Gasteiger partial charge in [0.25, 0.3) is 0 Å². The molecule has 6 heteroatoms. The Labute approximate surface area is 112 Å². The number of anilines is 1. The van der Waals surface area contributed by atoms with Crippen LogP contribution < -0.4 is 15.5 Å². The van der Waals surface area contributed by atoms with Gasteiger partial charge in [-0.2, -0.15) is 0 Å². The summed E-state index contributed by atoms with van der Waals surface area (Å²) in [7, 11) is 3.90. The van der Waals surface area contributed by atoms with Crippen LogP contribution in [0.15, 0.2) is 24.3 Å². The van der Waals surface area contributed by atoms with Crippen LogP contribution in [0.4, 0.5) is 10.5 Å². The first-order valence-electron chi connectivity index (χ1n) is 5.99. The summed E-state index contributed by atoms with van der Waals surface area (Å²) < 4.78 is 0. The molecular weight excluding hydrogens is 246 g/mol. The fraction of sp³-hybridized carbons (Fsp3) is 0.385. The smallest absolute Gasteiger partial charge is 0.315 e. The van der Waals surface area contributed by atoms with Gasteiger partial charge in [-0.05, 0) is 17.7 Å². The Morgan fingerprint density at radius 2 is 2.00 bits per heavy atom. The van der Waals surface area contributed by atoms with Crippen molar-refractivity contribution in [1.29, 1.82) is 0 Å². The molecule has 0 radical (unpaired) electrons. The van der Waals surface area contributed by atoms with Crippen LogP contribution in [0.1, 0.15) is 12.0 Å². The molecule has 0 aromatic heterocycles. The third-order valence-corrected chi connectivity index (χ3v) is 2.50. The van der Waals surface area contributed by atoms with E-state index in [1.54, 1.807) is 0 Å². The summed E-state index contributed by atoms with van der Waals surface area (Å²) in [5.41, 5.74) is 2.05. The molecule has 1 aromatic rings. The SMILES string of the molecule is CN(C)c1cccc(CNC(=O)NCCC(=O)O)c1. The molecule has 1 rings (SSSR count). The predicted octanol–water partition coefficient (Wildman–Crippen LogP) is 1.03. The molecule has 104 valence electrons. The Bertz CT molecular complexity index is 447.